The largest absolute Gasteiger partial charge is 0.494 e. The van der Waals surface area contributed by atoms with Gasteiger partial charge in [0.15, 0.2) is 17.2 Å². The van der Waals surface area contributed by atoms with E-state index in [1.807, 2.05) is 4.68 Å². The van der Waals surface area contributed by atoms with Crippen molar-refractivity contribution in [2.24, 2.45) is 0 Å². The van der Waals surface area contributed by atoms with Crippen LogP contribution in [0.3, 0.4) is 0 Å². The fraction of sp³-hybridized carbons (Fsp3) is 0.227. The Morgan fingerprint density at radius 2 is 1.86 bits per heavy atom. The van der Waals surface area contributed by atoms with E-state index in [2.05, 4.69) is 34.2 Å². The maximum Gasteiger partial charge on any atom is 0.167 e. The fourth-order valence-electron chi connectivity index (χ4n) is 4.18. The Bertz CT molecular complexity index is 1220. The maximum absolute atomic E-state index is 14.3. The fourth-order valence-corrected chi connectivity index (χ4v) is 4.18. The number of aromatic nitrogens is 4. The highest BCUT2D eigenvalue weighted by molar-refractivity contribution is 5.98. The number of nitrogens with zero attached hydrogens (tertiary/aromatic N) is 4. The van der Waals surface area contributed by atoms with Crippen molar-refractivity contribution < 1.29 is 9.13 Å². The van der Waals surface area contributed by atoms with E-state index in [1.165, 1.54) is 24.6 Å². The Balaban J connectivity index is 1.70. The molecule has 146 valence electrons. The highest BCUT2D eigenvalue weighted by Crippen LogP contribution is 2.38. The summed E-state index contributed by atoms with van der Waals surface area (Å²) in [7, 11) is 1.45. The molecule has 0 radical (unpaired) electrons. The molecule has 0 aliphatic heterocycles. The number of fused-ring (bicyclic) bond motifs is 2. The van der Waals surface area contributed by atoms with Crippen LogP contribution < -0.4 is 10.5 Å². The van der Waals surface area contributed by atoms with Crippen LogP contribution in [0.15, 0.2) is 42.7 Å². The maximum atomic E-state index is 14.3. The Hall–Kier alpha value is -3.48. The molecular weight excluding hydrogens is 369 g/mol. The quantitative estimate of drug-likeness (QED) is 0.575. The van der Waals surface area contributed by atoms with Crippen LogP contribution in [-0.4, -0.2) is 26.9 Å². The Labute approximate surface area is 167 Å². The van der Waals surface area contributed by atoms with Crippen LogP contribution in [0.4, 0.5) is 10.2 Å². The first-order chi connectivity index (χ1) is 14.1. The van der Waals surface area contributed by atoms with E-state index in [9.17, 15) is 4.39 Å². The molecule has 0 unspecified atom stereocenters. The molecule has 2 heterocycles. The van der Waals surface area contributed by atoms with Crippen molar-refractivity contribution in [2.45, 2.75) is 25.8 Å². The lowest BCUT2D eigenvalue weighted by Gasteiger charge is -2.10. The van der Waals surface area contributed by atoms with Gasteiger partial charge >= 0.3 is 0 Å². The molecule has 1 aliphatic rings. The van der Waals surface area contributed by atoms with E-state index in [-0.39, 0.29) is 17.6 Å². The summed E-state index contributed by atoms with van der Waals surface area (Å²) >= 11 is 0. The number of hydrogen-bond donors (Lipinski definition) is 1. The van der Waals surface area contributed by atoms with Crippen LogP contribution in [0.1, 0.15) is 22.7 Å². The Kier molecular flexibility index (Phi) is 3.97. The van der Waals surface area contributed by atoms with Gasteiger partial charge in [-0.2, -0.15) is 5.10 Å². The van der Waals surface area contributed by atoms with E-state index in [1.54, 1.807) is 19.1 Å². The second-order valence-electron chi connectivity index (χ2n) is 7.39. The third-order valence-corrected chi connectivity index (χ3v) is 5.61. The number of anilines is 1. The number of hydrogen-bond acceptors (Lipinski definition) is 5. The molecule has 6 nitrogen and oxygen atoms in total. The lowest BCUT2D eigenvalue weighted by molar-refractivity contribution is 0.385. The molecule has 7 heteroatoms. The smallest absolute Gasteiger partial charge is 0.167 e. The lowest BCUT2D eigenvalue weighted by atomic mass is 10.1. The molecule has 1 aliphatic carbocycles. The van der Waals surface area contributed by atoms with E-state index in [4.69, 9.17) is 15.6 Å². The summed E-state index contributed by atoms with van der Waals surface area (Å²) < 4.78 is 21.4. The zero-order valence-electron chi connectivity index (χ0n) is 16.2. The van der Waals surface area contributed by atoms with Gasteiger partial charge in [0.25, 0.3) is 0 Å². The first kappa shape index (κ1) is 17.6. The molecule has 0 spiro atoms. The number of ether oxygens (including phenoxy) is 1. The summed E-state index contributed by atoms with van der Waals surface area (Å²) in [6.45, 7) is 1.70. The van der Waals surface area contributed by atoms with Crippen LogP contribution in [0.5, 0.6) is 5.75 Å². The van der Waals surface area contributed by atoms with Gasteiger partial charge in [-0.1, -0.05) is 24.3 Å². The van der Waals surface area contributed by atoms with Gasteiger partial charge in [-0.25, -0.2) is 19.0 Å². The number of benzene rings is 2. The van der Waals surface area contributed by atoms with E-state index < -0.39 is 0 Å². The lowest BCUT2D eigenvalue weighted by Crippen LogP contribution is -2.11. The highest BCUT2D eigenvalue weighted by atomic mass is 19.1. The van der Waals surface area contributed by atoms with Crippen molar-refractivity contribution in [1.82, 2.24) is 19.7 Å². The van der Waals surface area contributed by atoms with Gasteiger partial charge in [0.1, 0.15) is 17.8 Å². The number of aryl methyl sites for hydroxylation is 1. The molecule has 4 aromatic rings. The minimum Gasteiger partial charge on any atom is -0.494 e. The molecule has 29 heavy (non-hydrogen) atoms. The molecule has 2 aromatic heterocycles. The predicted octanol–water partition coefficient (Wildman–Crippen LogP) is 3.87. The standard InChI is InChI=1S/C22H20FN5O/c1-12-7-15(10-17(29-2)19(12)23)20-18-21(24)25-11-26-22(18)28(27-20)16-8-13-5-3-4-6-14(13)9-16/h3-7,10-11,16H,8-9H2,1-2H3,(H2,24,25,26). The molecule has 2 aromatic carbocycles. The van der Waals surface area contributed by atoms with Crippen molar-refractivity contribution in [2.75, 3.05) is 12.8 Å². The highest BCUT2D eigenvalue weighted by Gasteiger charge is 2.28. The molecule has 0 amide bonds. The summed E-state index contributed by atoms with van der Waals surface area (Å²) in [5.74, 6) is 0.148. The van der Waals surface area contributed by atoms with Crippen LogP contribution in [0.25, 0.3) is 22.3 Å². The summed E-state index contributed by atoms with van der Waals surface area (Å²) in [6.07, 6.45) is 3.21. The second-order valence-corrected chi connectivity index (χ2v) is 7.39. The van der Waals surface area contributed by atoms with Crippen molar-refractivity contribution in [1.29, 1.82) is 0 Å². The minimum atomic E-state index is -0.379. The molecule has 2 N–H and O–H groups in total. The van der Waals surface area contributed by atoms with Crippen LogP contribution in [0, 0.1) is 12.7 Å². The first-order valence-corrected chi connectivity index (χ1v) is 9.46. The van der Waals surface area contributed by atoms with Gasteiger partial charge in [-0.3, -0.25) is 0 Å². The number of halogens is 1. The normalized spacial score (nSPS) is 13.8. The zero-order valence-corrected chi connectivity index (χ0v) is 16.2. The first-order valence-electron chi connectivity index (χ1n) is 9.46. The van der Waals surface area contributed by atoms with E-state index in [0.717, 1.165) is 18.4 Å². The van der Waals surface area contributed by atoms with E-state index in [0.29, 0.717) is 28.1 Å². The molecule has 0 atom stereocenters. The third-order valence-electron chi connectivity index (χ3n) is 5.61. The summed E-state index contributed by atoms with van der Waals surface area (Å²) in [6, 6.07) is 12.0. The number of nitrogen functional groups attached to an aromatic ring is 1. The van der Waals surface area contributed by atoms with Crippen molar-refractivity contribution in [3.8, 4) is 17.0 Å². The second kappa shape index (κ2) is 6.55. The molecular formula is C22H20FN5O. The monoisotopic (exact) mass is 389 g/mol. The van der Waals surface area contributed by atoms with Crippen LogP contribution in [-0.2, 0) is 12.8 Å². The summed E-state index contributed by atoms with van der Waals surface area (Å²) in [4.78, 5) is 8.65. The number of rotatable bonds is 3. The average Bonchev–Trinajstić information content (AvgIpc) is 3.32. The van der Waals surface area contributed by atoms with Gasteiger partial charge < -0.3 is 10.5 Å². The number of nitrogens with two attached hydrogens (primary N) is 1. The molecule has 0 fully saturated rings. The summed E-state index contributed by atoms with van der Waals surface area (Å²) in [5, 5.41) is 5.57. The van der Waals surface area contributed by atoms with Gasteiger partial charge in [-0.15, -0.1) is 0 Å². The van der Waals surface area contributed by atoms with Crippen molar-refractivity contribution in [3.63, 3.8) is 0 Å². The van der Waals surface area contributed by atoms with Crippen molar-refractivity contribution in [3.05, 3.63) is 65.2 Å². The molecule has 0 bridgehead atoms. The Morgan fingerprint density at radius 1 is 1.14 bits per heavy atom. The average molecular weight is 389 g/mol. The number of methoxy groups -OCH3 is 1. The third kappa shape index (κ3) is 2.73. The topological polar surface area (TPSA) is 78.8 Å². The van der Waals surface area contributed by atoms with Gasteiger partial charge in [-0.05, 0) is 48.6 Å². The van der Waals surface area contributed by atoms with Gasteiger partial charge in [0.2, 0.25) is 0 Å². The van der Waals surface area contributed by atoms with Crippen molar-refractivity contribution >= 4 is 16.9 Å². The summed E-state index contributed by atoms with van der Waals surface area (Å²) in [5.41, 5.74) is 11.4. The zero-order chi connectivity index (χ0) is 20.1. The molecule has 0 saturated carbocycles. The Morgan fingerprint density at radius 3 is 2.55 bits per heavy atom. The van der Waals surface area contributed by atoms with Gasteiger partial charge in [0.05, 0.1) is 18.5 Å². The van der Waals surface area contributed by atoms with E-state index >= 15 is 0 Å². The van der Waals surface area contributed by atoms with Crippen LogP contribution in [0.2, 0.25) is 0 Å². The molecule has 0 saturated heterocycles. The van der Waals surface area contributed by atoms with Gasteiger partial charge in [0, 0.05) is 5.56 Å². The predicted molar refractivity (Wildman–Crippen MR) is 109 cm³/mol. The minimum absolute atomic E-state index is 0.140. The van der Waals surface area contributed by atoms with Crippen LogP contribution >= 0.6 is 0 Å². The molecule has 5 rings (SSSR count). The SMILES string of the molecule is COc1cc(-c2nn(C3Cc4ccccc4C3)c3ncnc(N)c23)cc(C)c1F.